The van der Waals surface area contributed by atoms with Gasteiger partial charge in [0.25, 0.3) is 5.91 Å². The first kappa shape index (κ1) is 20.2. The maximum absolute atomic E-state index is 13.0. The number of pyridine rings is 2. The van der Waals surface area contributed by atoms with Crippen molar-refractivity contribution in [3.63, 3.8) is 0 Å². The van der Waals surface area contributed by atoms with Crippen molar-refractivity contribution in [2.45, 2.75) is 6.54 Å². The van der Waals surface area contributed by atoms with Crippen LogP contribution in [0.5, 0.6) is 0 Å². The largest absolute Gasteiger partial charge is 0.347 e. The third-order valence-electron chi connectivity index (χ3n) is 4.90. The summed E-state index contributed by atoms with van der Waals surface area (Å²) >= 11 is 0. The Kier molecular flexibility index (Phi) is 5.70. The third-order valence-corrected chi connectivity index (χ3v) is 4.90. The Hall–Kier alpha value is -4.07. The van der Waals surface area contributed by atoms with E-state index in [0.717, 1.165) is 11.1 Å². The SMILES string of the molecule is CN(C)C(=O)CNC(=O)c1cc(-c2ccccc2)nc2c1cnn2Cc1ccncc1. The van der Waals surface area contributed by atoms with E-state index in [1.54, 1.807) is 43.4 Å². The van der Waals surface area contributed by atoms with Crippen LogP contribution in [0.15, 0.2) is 67.1 Å². The number of benzene rings is 1. The van der Waals surface area contributed by atoms with E-state index in [0.29, 0.717) is 28.8 Å². The highest BCUT2D eigenvalue weighted by Gasteiger charge is 2.18. The van der Waals surface area contributed by atoms with E-state index in [-0.39, 0.29) is 18.4 Å². The monoisotopic (exact) mass is 414 g/mol. The molecule has 0 spiro atoms. The summed E-state index contributed by atoms with van der Waals surface area (Å²) in [6.07, 6.45) is 5.09. The highest BCUT2D eigenvalue weighted by molar-refractivity contribution is 6.07. The van der Waals surface area contributed by atoms with Crippen LogP contribution in [0.25, 0.3) is 22.3 Å². The van der Waals surface area contributed by atoms with Gasteiger partial charge in [-0.2, -0.15) is 5.10 Å². The van der Waals surface area contributed by atoms with Gasteiger partial charge in [-0.25, -0.2) is 9.67 Å². The molecule has 0 saturated heterocycles. The zero-order valence-electron chi connectivity index (χ0n) is 17.3. The number of rotatable bonds is 6. The van der Waals surface area contributed by atoms with Crippen LogP contribution < -0.4 is 5.32 Å². The molecule has 4 rings (SSSR count). The first-order chi connectivity index (χ1) is 15.0. The third kappa shape index (κ3) is 4.42. The molecule has 1 aromatic carbocycles. The lowest BCUT2D eigenvalue weighted by molar-refractivity contribution is -0.127. The number of aromatic nitrogens is 4. The maximum atomic E-state index is 13.0. The standard InChI is InChI=1S/C23H22N6O2/c1-28(2)21(30)14-25-23(31)18-12-20(17-6-4-3-5-7-17)27-22-19(18)13-26-29(22)15-16-8-10-24-11-9-16/h3-13H,14-15H2,1-2H3,(H,25,31). The molecule has 3 heterocycles. The molecule has 31 heavy (non-hydrogen) atoms. The van der Waals surface area contributed by atoms with Crippen LogP contribution in [0, 0.1) is 0 Å². The van der Waals surface area contributed by atoms with Crippen LogP contribution in [-0.2, 0) is 11.3 Å². The highest BCUT2D eigenvalue weighted by atomic mass is 16.2. The Morgan fingerprint density at radius 1 is 1.06 bits per heavy atom. The number of likely N-dealkylation sites (N-methyl/N-ethyl adjacent to an activating group) is 1. The molecule has 0 radical (unpaired) electrons. The fourth-order valence-corrected chi connectivity index (χ4v) is 3.18. The van der Waals surface area contributed by atoms with Crippen molar-refractivity contribution in [1.29, 1.82) is 0 Å². The maximum Gasteiger partial charge on any atom is 0.252 e. The lowest BCUT2D eigenvalue weighted by atomic mass is 10.1. The molecule has 156 valence electrons. The van der Waals surface area contributed by atoms with Crippen molar-refractivity contribution in [3.05, 3.63) is 78.2 Å². The number of nitrogens with zero attached hydrogens (tertiary/aromatic N) is 5. The molecule has 4 aromatic rings. The number of amides is 2. The molecule has 8 heteroatoms. The summed E-state index contributed by atoms with van der Waals surface area (Å²) < 4.78 is 1.76. The minimum Gasteiger partial charge on any atom is -0.347 e. The molecule has 8 nitrogen and oxygen atoms in total. The van der Waals surface area contributed by atoms with Crippen LogP contribution in [0.1, 0.15) is 15.9 Å². The van der Waals surface area contributed by atoms with Gasteiger partial charge < -0.3 is 10.2 Å². The van der Waals surface area contributed by atoms with Gasteiger partial charge in [0.1, 0.15) is 0 Å². The summed E-state index contributed by atoms with van der Waals surface area (Å²) in [6, 6.07) is 15.2. The molecule has 0 aliphatic carbocycles. The summed E-state index contributed by atoms with van der Waals surface area (Å²) in [5, 5.41) is 7.81. The van der Waals surface area contributed by atoms with Gasteiger partial charge >= 0.3 is 0 Å². The first-order valence-corrected chi connectivity index (χ1v) is 9.82. The van der Waals surface area contributed by atoms with Crippen molar-refractivity contribution in [3.8, 4) is 11.3 Å². The minimum absolute atomic E-state index is 0.0819. The van der Waals surface area contributed by atoms with E-state index < -0.39 is 0 Å². The Balaban J connectivity index is 1.77. The number of hydrogen-bond donors (Lipinski definition) is 1. The van der Waals surface area contributed by atoms with Gasteiger partial charge in [-0.15, -0.1) is 0 Å². The van der Waals surface area contributed by atoms with Gasteiger partial charge in [-0.05, 0) is 23.8 Å². The smallest absolute Gasteiger partial charge is 0.252 e. The quantitative estimate of drug-likeness (QED) is 0.523. The number of hydrogen-bond acceptors (Lipinski definition) is 5. The Bertz CT molecular complexity index is 1220. The van der Waals surface area contributed by atoms with Crippen molar-refractivity contribution in [2.24, 2.45) is 0 Å². The van der Waals surface area contributed by atoms with Crippen molar-refractivity contribution in [1.82, 2.24) is 30.0 Å². The first-order valence-electron chi connectivity index (χ1n) is 9.82. The van der Waals surface area contributed by atoms with Crippen LogP contribution in [-0.4, -0.2) is 57.1 Å². The zero-order chi connectivity index (χ0) is 21.8. The summed E-state index contributed by atoms with van der Waals surface area (Å²) in [6.45, 7) is 0.416. The molecule has 2 amide bonds. The van der Waals surface area contributed by atoms with Crippen molar-refractivity contribution >= 4 is 22.8 Å². The van der Waals surface area contributed by atoms with Gasteiger partial charge in [-0.3, -0.25) is 14.6 Å². The Morgan fingerprint density at radius 2 is 1.81 bits per heavy atom. The molecule has 3 aromatic heterocycles. The highest BCUT2D eigenvalue weighted by Crippen LogP contribution is 2.25. The van der Waals surface area contributed by atoms with Crippen LogP contribution in [0.3, 0.4) is 0 Å². The predicted molar refractivity (Wildman–Crippen MR) is 117 cm³/mol. The fourth-order valence-electron chi connectivity index (χ4n) is 3.18. The molecular formula is C23H22N6O2. The van der Waals surface area contributed by atoms with E-state index in [2.05, 4.69) is 15.4 Å². The van der Waals surface area contributed by atoms with Gasteiger partial charge in [0, 0.05) is 32.1 Å². The lowest BCUT2D eigenvalue weighted by Gasteiger charge is -2.12. The Morgan fingerprint density at radius 3 is 2.52 bits per heavy atom. The van der Waals surface area contributed by atoms with Crippen molar-refractivity contribution in [2.75, 3.05) is 20.6 Å². The second-order valence-corrected chi connectivity index (χ2v) is 7.29. The molecule has 0 fully saturated rings. The second-order valence-electron chi connectivity index (χ2n) is 7.29. The van der Waals surface area contributed by atoms with Crippen LogP contribution >= 0.6 is 0 Å². The number of carbonyl (C=O) groups is 2. The van der Waals surface area contributed by atoms with E-state index in [9.17, 15) is 9.59 Å². The molecule has 0 unspecified atom stereocenters. The van der Waals surface area contributed by atoms with E-state index in [1.807, 2.05) is 42.5 Å². The normalized spacial score (nSPS) is 10.8. The van der Waals surface area contributed by atoms with Gasteiger partial charge in [-0.1, -0.05) is 30.3 Å². The number of fused-ring (bicyclic) bond motifs is 1. The van der Waals surface area contributed by atoms with Crippen molar-refractivity contribution < 1.29 is 9.59 Å². The van der Waals surface area contributed by atoms with E-state index in [4.69, 9.17) is 4.98 Å². The number of carbonyl (C=O) groups excluding carboxylic acids is 2. The predicted octanol–water partition coefficient (Wildman–Crippen LogP) is 2.36. The average molecular weight is 414 g/mol. The topological polar surface area (TPSA) is 93.0 Å². The summed E-state index contributed by atoms with van der Waals surface area (Å²) in [4.78, 5) is 35.2. The average Bonchev–Trinajstić information content (AvgIpc) is 3.20. The fraction of sp³-hybridized carbons (Fsp3) is 0.174. The minimum atomic E-state index is -0.344. The van der Waals surface area contributed by atoms with Gasteiger partial charge in [0.2, 0.25) is 5.91 Å². The molecule has 1 N–H and O–H groups in total. The summed E-state index contributed by atoms with van der Waals surface area (Å²) in [7, 11) is 3.30. The molecule has 0 aliphatic heterocycles. The van der Waals surface area contributed by atoms with Crippen LogP contribution in [0.2, 0.25) is 0 Å². The van der Waals surface area contributed by atoms with E-state index in [1.165, 1.54) is 4.90 Å². The summed E-state index contributed by atoms with van der Waals surface area (Å²) in [5.41, 5.74) is 3.60. The summed E-state index contributed by atoms with van der Waals surface area (Å²) in [5.74, 6) is -0.529. The molecular weight excluding hydrogens is 392 g/mol. The zero-order valence-corrected chi connectivity index (χ0v) is 17.3. The Labute approximate surface area is 179 Å². The second kappa shape index (κ2) is 8.74. The van der Waals surface area contributed by atoms with Gasteiger partial charge in [0.15, 0.2) is 5.65 Å². The van der Waals surface area contributed by atoms with E-state index >= 15 is 0 Å². The van der Waals surface area contributed by atoms with Crippen LogP contribution in [0.4, 0.5) is 0 Å². The lowest BCUT2D eigenvalue weighted by Crippen LogP contribution is -2.36. The molecule has 0 saturated carbocycles. The molecule has 0 bridgehead atoms. The molecule has 0 atom stereocenters. The van der Waals surface area contributed by atoms with Gasteiger partial charge in [0.05, 0.1) is 35.9 Å². The number of nitrogens with one attached hydrogen (secondary N) is 1. The molecule has 0 aliphatic rings.